The highest BCUT2D eigenvalue weighted by Gasteiger charge is 2.37. The van der Waals surface area contributed by atoms with Gasteiger partial charge in [-0.05, 0) is 20.3 Å². The Morgan fingerprint density at radius 3 is 2.11 bits per heavy atom. The topological polar surface area (TPSA) is 99.1 Å². The van der Waals surface area contributed by atoms with Gasteiger partial charge in [0, 0.05) is 13.1 Å². The molecule has 0 amide bonds. The van der Waals surface area contributed by atoms with Crippen molar-refractivity contribution in [2.75, 3.05) is 26.3 Å². The Hall–Kier alpha value is -0.250. The molecule has 0 spiro atoms. The van der Waals surface area contributed by atoms with Gasteiger partial charge in [0.05, 0.1) is 31.0 Å². The monoisotopic (exact) mass is 296 g/mol. The van der Waals surface area contributed by atoms with Gasteiger partial charge in [-0.2, -0.15) is 17.4 Å². The van der Waals surface area contributed by atoms with Crippen molar-refractivity contribution in [3.63, 3.8) is 0 Å². The lowest BCUT2D eigenvalue weighted by molar-refractivity contribution is -0.0448. The molecule has 1 aliphatic heterocycles. The summed E-state index contributed by atoms with van der Waals surface area (Å²) in [6.07, 6.45) is -0.0616. The van der Waals surface area contributed by atoms with Crippen molar-refractivity contribution in [1.29, 1.82) is 0 Å². The summed E-state index contributed by atoms with van der Waals surface area (Å²) in [5.41, 5.74) is -1.22. The first-order valence-corrected chi connectivity index (χ1v) is 7.89. The van der Waals surface area contributed by atoms with E-state index in [1.807, 2.05) is 13.8 Å². The van der Waals surface area contributed by atoms with Crippen molar-refractivity contribution >= 4 is 10.2 Å². The van der Waals surface area contributed by atoms with Gasteiger partial charge in [0.2, 0.25) is 0 Å². The lowest BCUT2D eigenvalue weighted by Gasteiger charge is -2.37. The van der Waals surface area contributed by atoms with E-state index in [0.29, 0.717) is 6.42 Å². The largest absolute Gasteiger partial charge is 0.394 e. The average Bonchev–Trinajstić information content (AvgIpc) is 2.35. The zero-order valence-electron chi connectivity index (χ0n) is 11.7. The smallest absolute Gasteiger partial charge is 0.280 e. The minimum atomic E-state index is -3.76. The molecule has 0 aromatic heterocycles. The van der Waals surface area contributed by atoms with E-state index in [1.54, 1.807) is 6.92 Å². The first-order valence-electron chi connectivity index (χ1n) is 6.45. The third-order valence-electron chi connectivity index (χ3n) is 3.35. The minimum absolute atomic E-state index is 0.181. The van der Waals surface area contributed by atoms with Crippen LogP contribution in [0.1, 0.15) is 27.2 Å². The van der Waals surface area contributed by atoms with Crippen LogP contribution in [-0.2, 0) is 14.9 Å². The van der Waals surface area contributed by atoms with Crippen LogP contribution in [0.25, 0.3) is 0 Å². The van der Waals surface area contributed by atoms with Gasteiger partial charge >= 0.3 is 0 Å². The highest BCUT2D eigenvalue weighted by molar-refractivity contribution is 7.87. The lowest BCUT2D eigenvalue weighted by Crippen LogP contribution is -2.60. The van der Waals surface area contributed by atoms with Gasteiger partial charge in [-0.1, -0.05) is 6.92 Å². The predicted molar refractivity (Wildman–Crippen MR) is 70.8 cm³/mol. The molecule has 0 aromatic rings. The van der Waals surface area contributed by atoms with Crippen LogP contribution in [0.4, 0.5) is 0 Å². The maximum atomic E-state index is 12.3. The van der Waals surface area contributed by atoms with Crippen LogP contribution in [0.3, 0.4) is 0 Å². The van der Waals surface area contributed by atoms with Gasteiger partial charge in [0.15, 0.2) is 0 Å². The molecule has 7 nitrogen and oxygen atoms in total. The minimum Gasteiger partial charge on any atom is -0.394 e. The van der Waals surface area contributed by atoms with Crippen LogP contribution in [0.5, 0.6) is 0 Å². The Bertz CT molecular complexity index is 364. The summed E-state index contributed by atoms with van der Waals surface area (Å²) < 4.78 is 33.8. The van der Waals surface area contributed by atoms with E-state index in [-0.39, 0.29) is 25.3 Å². The summed E-state index contributed by atoms with van der Waals surface area (Å²) >= 11 is 0. The predicted octanol–water partition coefficient (Wildman–Crippen LogP) is -0.937. The van der Waals surface area contributed by atoms with Crippen molar-refractivity contribution in [2.24, 2.45) is 0 Å². The van der Waals surface area contributed by atoms with E-state index in [2.05, 4.69) is 4.72 Å². The van der Waals surface area contributed by atoms with Gasteiger partial charge in [0.25, 0.3) is 10.2 Å². The SMILES string of the molecule is CCC(CO)(CO)NS(=O)(=O)N1CC(C)OC(C)C1. The molecule has 0 saturated carbocycles. The molecule has 1 fully saturated rings. The van der Waals surface area contributed by atoms with E-state index in [1.165, 1.54) is 4.31 Å². The van der Waals surface area contributed by atoms with Gasteiger partial charge in [-0.3, -0.25) is 0 Å². The molecule has 1 rings (SSSR count). The summed E-state index contributed by atoms with van der Waals surface area (Å²) in [5, 5.41) is 18.6. The van der Waals surface area contributed by atoms with Crippen molar-refractivity contribution in [1.82, 2.24) is 9.03 Å². The second kappa shape index (κ2) is 6.47. The molecule has 1 aliphatic rings. The number of nitrogens with zero attached hydrogens (tertiary/aromatic N) is 1. The van der Waals surface area contributed by atoms with Gasteiger partial charge in [-0.25, -0.2) is 0 Å². The molecule has 114 valence electrons. The Labute approximate surface area is 114 Å². The van der Waals surface area contributed by atoms with Crippen molar-refractivity contribution < 1.29 is 23.4 Å². The number of aliphatic hydroxyl groups is 2. The third-order valence-corrected chi connectivity index (χ3v) is 5.02. The molecule has 2 atom stereocenters. The maximum absolute atomic E-state index is 12.3. The van der Waals surface area contributed by atoms with Crippen LogP contribution in [-0.4, -0.2) is 67.0 Å². The van der Waals surface area contributed by atoms with Crippen molar-refractivity contribution in [3.05, 3.63) is 0 Å². The van der Waals surface area contributed by atoms with E-state index >= 15 is 0 Å². The fourth-order valence-corrected chi connectivity index (χ4v) is 3.84. The third kappa shape index (κ3) is 4.11. The van der Waals surface area contributed by atoms with Gasteiger partial charge in [-0.15, -0.1) is 0 Å². The van der Waals surface area contributed by atoms with Gasteiger partial charge < -0.3 is 14.9 Å². The molecule has 19 heavy (non-hydrogen) atoms. The first kappa shape index (κ1) is 16.8. The molecule has 2 unspecified atom stereocenters. The summed E-state index contributed by atoms with van der Waals surface area (Å²) in [4.78, 5) is 0. The number of nitrogens with one attached hydrogen (secondary N) is 1. The van der Waals surface area contributed by atoms with Crippen LogP contribution < -0.4 is 4.72 Å². The molecule has 1 heterocycles. The summed E-state index contributed by atoms with van der Waals surface area (Å²) in [6.45, 7) is 4.95. The van der Waals surface area contributed by atoms with E-state index in [4.69, 9.17) is 4.74 Å². The maximum Gasteiger partial charge on any atom is 0.280 e. The van der Waals surface area contributed by atoms with Crippen molar-refractivity contribution in [3.8, 4) is 0 Å². The van der Waals surface area contributed by atoms with Crippen LogP contribution in [0.2, 0.25) is 0 Å². The van der Waals surface area contributed by atoms with Crippen LogP contribution in [0.15, 0.2) is 0 Å². The number of ether oxygens (including phenoxy) is 1. The fraction of sp³-hybridized carbons (Fsp3) is 1.00. The Morgan fingerprint density at radius 2 is 1.74 bits per heavy atom. The molecule has 1 saturated heterocycles. The molecule has 0 radical (unpaired) electrons. The van der Waals surface area contributed by atoms with E-state index < -0.39 is 29.0 Å². The second-order valence-corrected chi connectivity index (χ2v) is 6.80. The van der Waals surface area contributed by atoms with E-state index in [0.717, 1.165) is 0 Å². The zero-order chi connectivity index (χ0) is 14.7. The molecular weight excluding hydrogens is 272 g/mol. The fourth-order valence-electron chi connectivity index (χ4n) is 2.08. The van der Waals surface area contributed by atoms with E-state index in [9.17, 15) is 18.6 Å². The Balaban J connectivity index is 2.85. The molecule has 0 bridgehead atoms. The molecule has 8 heteroatoms. The van der Waals surface area contributed by atoms with Crippen LogP contribution >= 0.6 is 0 Å². The van der Waals surface area contributed by atoms with Gasteiger partial charge in [0.1, 0.15) is 0 Å². The number of rotatable bonds is 6. The number of morpholine rings is 1. The normalized spacial score (nSPS) is 26.6. The average molecular weight is 296 g/mol. The highest BCUT2D eigenvalue weighted by Crippen LogP contribution is 2.17. The molecular formula is C11H24N2O5S. The number of hydrogen-bond acceptors (Lipinski definition) is 5. The molecule has 0 aromatic carbocycles. The van der Waals surface area contributed by atoms with Crippen molar-refractivity contribution in [2.45, 2.75) is 44.9 Å². The number of hydrogen-bond donors (Lipinski definition) is 3. The zero-order valence-corrected chi connectivity index (χ0v) is 12.5. The Morgan fingerprint density at radius 1 is 1.26 bits per heavy atom. The second-order valence-electron chi connectivity index (χ2n) is 5.13. The quantitative estimate of drug-likeness (QED) is 0.588. The summed E-state index contributed by atoms with van der Waals surface area (Å²) in [7, 11) is -3.76. The lowest BCUT2D eigenvalue weighted by atomic mass is 10.0. The highest BCUT2D eigenvalue weighted by atomic mass is 32.2. The molecule has 3 N–H and O–H groups in total. The summed E-state index contributed by atoms with van der Waals surface area (Å²) in [6, 6.07) is 0. The Kier molecular flexibility index (Phi) is 5.72. The summed E-state index contributed by atoms with van der Waals surface area (Å²) in [5.74, 6) is 0. The standard InChI is InChI=1S/C11H24N2O5S/c1-4-11(7-14,8-15)12-19(16,17)13-5-9(2)18-10(3)6-13/h9-10,12,14-15H,4-8H2,1-3H3. The number of aliphatic hydroxyl groups excluding tert-OH is 2. The first-order chi connectivity index (χ1) is 8.78. The van der Waals surface area contributed by atoms with Crippen LogP contribution in [0, 0.1) is 0 Å². The molecule has 0 aliphatic carbocycles.